The number of rotatable bonds is 2. The molecule has 1 aliphatic rings. The summed E-state index contributed by atoms with van der Waals surface area (Å²) in [6.07, 6.45) is 3.44. The van der Waals surface area contributed by atoms with E-state index in [2.05, 4.69) is 20.9 Å². The zero-order valence-corrected chi connectivity index (χ0v) is 12.7. The number of amides is 1. The molecule has 0 atom stereocenters. The predicted octanol–water partition coefficient (Wildman–Crippen LogP) is 3.42. The number of ether oxygens (including phenoxy) is 1. The summed E-state index contributed by atoms with van der Waals surface area (Å²) in [6, 6.07) is 7.19. The van der Waals surface area contributed by atoms with Crippen LogP contribution in [-0.2, 0) is 11.3 Å². The predicted molar refractivity (Wildman–Crippen MR) is 80.1 cm³/mol. The number of halogens is 2. The quantitative estimate of drug-likeness (QED) is 0.831. The van der Waals surface area contributed by atoms with Gasteiger partial charge in [-0.25, -0.2) is 0 Å². The summed E-state index contributed by atoms with van der Waals surface area (Å²) in [6.45, 7) is 0.470. The Morgan fingerprint density at radius 1 is 1.35 bits per heavy atom. The molecule has 6 heteroatoms. The second-order valence-corrected chi connectivity index (χ2v) is 5.74. The molecule has 0 bridgehead atoms. The van der Waals surface area contributed by atoms with Crippen LogP contribution in [0.1, 0.15) is 5.56 Å². The Labute approximate surface area is 129 Å². The summed E-state index contributed by atoms with van der Waals surface area (Å²) in [4.78, 5) is 17.9. The standard InChI is InChI=1S/C14H10BrClN2O2/c15-10-3-9(5-17-6-10)7-18-12-4-11(16)1-2-13(12)20-8-14(18)19/h1-6H,7-8H2. The van der Waals surface area contributed by atoms with E-state index >= 15 is 0 Å². The molecular weight excluding hydrogens is 344 g/mol. The van der Waals surface area contributed by atoms with Gasteiger partial charge in [-0.2, -0.15) is 0 Å². The largest absolute Gasteiger partial charge is 0.482 e. The molecule has 0 unspecified atom stereocenters. The second kappa shape index (κ2) is 5.42. The van der Waals surface area contributed by atoms with Crippen molar-refractivity contribution in [3.05, 3.63) is 51.7 Å². The normalized spacial score (nSPS) is 13.9. The summed E-state index contributed by atoms with van der Waals surface area (Å²) in [5.74, 6) is 0.566. The Bertz CT molecular complexity index is 678. The number of anilines is 1. The number of fused-ring (bicyclic) bond motifs is 1. The van der Waals surface area contributed by atoms with Gasteiger partial charge in [-0.15, -0.1) is 0 Å². The van der Waals surface area contributed by atoms with Crippen molar-refractivity contribution in [2.24, 2.45) is 0 Å². The molecule has 2 aromatic rings. The minimum absolute atomic E-state index is 0.0378. The van der Waals surface area contributed by atoms with Crippen LogP contribution in [0.2, 0.25) is 5.02 Å². The number of carbonyl (C=O) groups is 1. The third-order valence-electron chi connectivity index (χ3n) is 2.97. The molecule has 0 N–H and O–H groups in total. The summed E-state index contributed by atoms with van der Waals surface area (Å²) >= 11 is 9.38. The van der Waals surface area contributed by atoms with Crippen LogP contribution in [0.25, 0.3) is 0 Å². The molecule has 3 rings (SSSR count). The van der Waals surface area contributed by atoms with Gasteiger partial charge in [0.05, 0.1) is 12.2 Å². The lowest BCUT2D eigenvalue weighted by Gasteiger charge is -2.29. The molecule has 1 aliphatic heterocycles. The zero-order chi connectivity index (χ0) is 14.1. The van der Waals surface area contributed by atoms with Gasteiger partial charge < -0.3 is 9.64 Å². The van der Waals surface area contributed by atoms with Crippen LogP contribution in [0.4, 0.5) is 5.69 Å². The minimum Gasteiger partial charge on any atom is -0.482 e. The fourth-order valence-electron chi connectivity index (χ4n) is 2.07. The number of benzene rings is 1. The molecule has 20 heavy (non-hydrogen) atoms. The van der Waals surface area contributed by atoms with E-state index in [9.17, 15) is 4.79 Å². The van der Waals surface area contributed by atoms with Gasteiger partial charge in [0.25, 0.3) is 5.91 Å². The van der Waals surface area contributed by atoms with Gasteiger partial charge in [-0.1, -0.05) is 11.6 Å². The molecule has 0 fully saturated rings. The maximum atomic E-state index is 12.1. The third kappa shape index (κ3) is 2.64. The van der Waals surface area contributed by atoms with Crippen LogP contribution in [0.5, 0.6) is 5.75 Å². The molecule has 0 saturated carbocycles. The highest BCUT2D eigenvalue weighted by atomic mass is 79.9. The Morgan fingerprint density at radius 3 is 3.00 bits per heavy atom. The van der Waals surface area contributed by atoms with E-state index in [1.807, 2.05) is 6.07 Å². The van der Waals surface area contributed by atoms with Crippen LogP contribution in [0.3, 0.4) is 0 Å². The number of pyridine rings is 1. The molecule has 0 saturated heterocycles. The van der Waals surface area contributed by atoms with Gasteiger partial charge in [0, 0.05) is 21.9 Å². The van der Waals surface area contributed by atoms with Gasteiger partial charge in [0.2, 0.25) is 0 Å². The minimum atomic E-state index is -0.0975. The lowest BCUT2D eigenvalue weighted by atomic mass is 10.2. The number of carbonyl (C=O) groups excluding carboxylic acids is 1. The van der Waals surface area contributed by atoms with E-state index in [0.717, 1.165) is 10.0 Å². The van der Waals surface area contributed by atoms with Crippen molar-refractivity contribution in [3.8, 4) is 5.75 Å². The Hall–Kier alpha value is -1.59. The first-order valence-electron chi connectivity index (χ1n) is 5.95. The summed E-state index contributed by atoms with van der Waals surface area (Å²) in [7, 11) is 0. The van der Waals surface area contributed by atoms with Gasteiger partial charge in [-0.05, 0) is 45.8 Å². The average Bonchev–Trinajstić information content (AvgIpc) is 2.42. The first-order chi connectivity index (χ1) is 9.63. The third-order valence-corrected chi connectivity index (χ3v) is 3.63. The van der Waals surface area contributed by atoms with Crippen LogP contribution in [-0.4, -0.2) is 17.5 Å². The summed E-state index contributed by atoms with van der Waals surface area (Å²) in [5, 5.41) is 0.569. The maximum absolute atomic E-state index is 12.1. The highest BCUT2D eigenvalue weighted by Crippen LogP contribution is 2.35. The molecule has 0 aliphatic carbocycles. The van der Waals surface area contributed by atoms with Crippen LogP contribution < -0.4 is 9.64 Å². The van der Waals surface area contributed by atoms with Crippen molar-refractivity contribution in [2.45, 2.75) is 6.54 Å². The fourth-order valence-corrected chi connectivity index (χ4v) is 2.65. The highest BCUT2D eigenvalue weighted by Gasteiger charge is 2.25. The monoisotopic (exact) mass is 352 g/mol. The molecule has 1 amide bonds. The molecule has 1 aromatic heterocycles. The fraction of sp³-hybridized carbons (Fsp3) is 0.143. The number of hydrogen-bond donors (Lipinski definition) is 0. The molecule has 2 heterocycles. The van der Waals surface area contributed by atoms with Gasteiger partial charge in [0.1, 0.15) is 5.75 Å². The first-order valence-corrected chi connectivity index (χ1v) is 7.13. The number of hydrogen-bond acceptors (Lipinski definition) is 3. The Kier molecular flexibility index (Phi) is 3.63. The second-order valence-electron chi connectivity index (χ2n) is 4.39. The average molecular weight is 354 g/mol. The molecule has 4 nitrogen and oxygen atoms in total. The molecule has 0 spiro atoms. The molecule has 0 radical (unpaired) electrons. The van der Waals surface area contributed by atoms with E-state index in [1.165, 1.54) is 0 Å². The van der Waals surface area contributed by atoms with E-state index in [-0.39, 0.29) is 12.5 Å². The van der Waals surface area contributed by atoms with Crippen LogP contribution in [0.15, 0.2) is 41.1 Å². The summed E-state index contributed by atoms with van der Waals surface area (Å²) in [5.41, 5.74) is 1.62. The van der Waals surface area contributed by atoms with Crippen molar-refractivity contribution in [3.63, 3.8) is 0 Å². The van der Waals surface area contributed by atoms with Gasteiger partial charge in [0.15, 0.2) is 6.61 Å². The molecule has 1 aromatic carbocycles. The van der Waals surface area contributed by atoms with Crippen molar-refractivity contribution in [1.29, 1.82) is 0 Å². The smallest absolute Gasteiger partial charge is 0.265 e. The highest BCUT2D eigenvalue weighted by molar-refractivity contribution is 9.10. The van der Waals surface area contributed by atoms with Crippen LogP contribution >= 0.6 is 27.5 Å². The first kappa shape index (κ1) is 13.4. The van der Waals surface area contributed by atoms with E-state index in [0.29, 0.717) is 23.0 Å². The number of aromatic nitrogens is 1. The van der Waals surface area contributed by atoms with Crippen molar-refractivity contribution in [2.75, 3.05) is 11.5 Å². The Balaban J connectivity index is 1.97. The molecular formula is C14H10BrClN2O2. The zero-order valence-electron chi connectivity index (χ0n) is 10.3. The van der Waals surface area contributed by atoms with Gasteiger partial charge >= 0.3 is 0 Å². The van der Waals surface area contributed by atoms with E-state index in [4.69, 9.17) is 16.3 Å². The van der Waals surface area contributed by atoms with Crippen molar-refractivity contribution in [1.82, 2.24) is 4.98 Å². The van der Waals surface area contributed by atoms with E-state index < -0.39 is 0 Å². The van der Waals surface area contributed by atoms with Gasteiger partial charge in [-0.3, -0.25) is 9.78 Å². The topological polar surface area (TPSA) is 42.4 Å². The molecule has 102 valence electrons. The van der Waals surface area contributed by atoms with Crippen molar-refractivity contribution < 1.29 is 9.53 Å². The maximum Gasteiger partial charge on any atom is 0.265 e. The van der Waals surface area contributed by atoms with Crippen molar-refractivity contribution >= 4 is 39.1 Å². The lowest BCUT2D eigenvalue weighted by Crippen LogP contribution is -2.38. The lowest BCUT2D eigenvalue weighted by molar-refractivity contribution is -0.121. The SMILES string of the molecule is O=C1COc2ccc(Cl)cc2N1Cc1cncc(Br)c1. The van der Waals surface area contributed by atoms with Crippen LogP contribution in [0, 0.1) is 0 Å². The summed E-state index contributed by atoms with van der Waals surface area (Å²) < 4.78 is 6.28. The Morgan fingerprint density at radius 2 is 2.20 bits per heavy atom. The number of nitrogens with zero attached hydrogens (tertiary/aromatic N) is 2. The van der Waals surface area contributed by atoms with E-state index in [1.54, 1.807) is 35.5 Å².